The molecule has 0 radical (unpaired) electrons. The molecule has 0 saturated heterocycles. The van der Waals surface area contributed by atoms with Crippen LogP contribution in [-0.4, -0.2) is 14.9 Å². The molecule has 7 heteroatoms. The van der Waals surface area contributed by atoms with E-state index in [0.29, 0.717) is 16.9 Å². The Bertz CT molecular complexity index is 1110. The van der Waals surface area contributed by atoms with E-state index in [1.54, 1.807) is 6.33 Å². The maximum absolute atomic E-state index is 6.16. The van der Waals surface area contributed by atoms with Crippen molar-refractivity contribution in [1.29, 1.82) is 0 Å². The lowest BCUT2D eigenvalue weighted by Gasteiger charge is -2.29. The highest BCUT2D eigenvalue weighted by Gasteiger charge is 2.26. The molecular formula is C20H14ClN5O. The third-order valence-electron chi connectivity index (χ3n) is 4.31. The first kappa shape index (κ1) is 15.7. The molecule has 0 fully saturated rings. The summed E-state index contributed by atoms with van der Waals surface area (Å²) in [5.41, 5.74) is 2.91. The summed E-state index contributed by atoms with van der Waals surface area (Å²) in [6, 6.07) is 21.5. The number of fused-ring (bicyclic) bond motifs is 1. The second kappa shape index (κ2) is 6.34. The Labute approximate surface area is 160 Å². The first-order valence-electron chi connectivity index (χ1n) is 8.38. The highest BCUT2D eigenvalue weighted by molar-refractivity contribution is 6.30. The van der Waals surface area contributed by atoms with Crippen molar-refractivity contribution in [2.24, 2.45) is 0 Å². The van der Waals surface area contributed by atoms with Gasteiger partial charge in [0, 0.05) is 28.4 Å². The number of anilines is 2. The Morgan fingerprint density at radius 1 is 0.889 bits per heavy atom. The van der Waals surface area contributed by atoms with Gasteiger partial charge in [-0.3, -0.25) is 0 Å². The third kappa shape index (κ3) is 2.76. The van der Waals surface area contributed by atoms with E-state index >= 15 is 0 Å². The average molecular weight is 376 g/mol. The predicted molar refractivity (Wildman–Crippen MR) is 105 cm³/mol. The fraction of sp³-hybridized carbons (Fsp3) is 0. The van der Waals surface area contributed by atoms with Crippen LogP contribution in [-0.2, 0) is 0 Å². The van der Waals surface area contributed by atoms with E-state index in [-0.39, 0.29) is 0 Å². The number of nitrogens with zero attached hydrogens (tertiary/aromatic N) is 4. The Morgan fingerprint density at radius 3 is 2.52 bits per heavy atom. The van der Waals surface area contributed by atoms with Gasteiger partial charge in [0.2, 0.25) is 11.8 Å². The van der Waals surface area contributed by atoms with Gasteiger partial charge in [-0.2, -0.15) is 4.68 Å². The molecule has 0 saturated carbocycles. The van der Waals surface area contributed by atoms with Crippen LogP contribution >= 0.6 is 11.6 Å². The zero-order chi connectivity index (χ0) is 18.2. The largest absolute Gasteiger partial charge is 0.438 e. The molecule has 0 bridgehead atoms. The third-order valence-corrected chi connectivity index (χ3v) is 4.56. The lowest BCUT2D eigenvalue weighted by molar-refractivity contribution is 0.560. The molecule has 0 spiro atoms. The number of benzene rings is 2. The van der Waals surface area contributed by atoms with Crippen molar-refractivity contribution in [2.75, 3.05) is 10.3 Å². The maximum Gasteiger partial charge on any atom is 0.248 e. The number of halogens is 1. The van der Waals surface area contributed by atoms with Crippen LogP contribution in [0.4, 0.5) is 11.8 Å². The van der Waals surface area contributed by atoms with E-state index in [1.165, 1.54) is 0 Å². The van der Waals surface area contributed by atoms with E-state index in [1.807, 2.05) is 82.6 Å². The van der Waals surface area contributed by atoms with Gasteiger partial charge < -0.3 is 9.73 Å². The molecule has 3 heterocycles. The molecule has 0 amide bonds. The molecule has 0 unspecified atom stereocenters. The number of hydrogen-bond donors (Lipinski definition) is 1. The van der Waals surface area contributed by atoms with Crippen LogP contribution in [0.25, 0.3) is 17.0 Å². The molecule has 2 aromatic carbocycles. The van der Waals surface area contributed by atoms with Gasteiger partial charge in [0.1, 0.15) is 12.1 Å². The molecule has 4 aromatic rings. The molecule has 27 heavy (non-hydrogen) atoms. The van der Waals surface area contributed by atoms with Gasteiger partial charge >= 0.3 is 0 Å². The summed E-state index contributed by atoms with van der Waals surface area (Å²) >= 11 is 5.99. The summed E-state index contributed by atoms with van der Waals surface area (Å²) in [5.74, 6) is 2.01. The van der Waals surface area contributed by atoms with E-state index in [9.17, 15) is 0 Å². The Balaban J connectivity index is 1.59. The van der Waals surface area contributed by atoms with Crippen molar-refractivity contribution in [3.8, 4) is 11.3 Å². The molecule has 1 aliphatic heterocycles. The SMILES string of the molecule is Clc1ccc(-c2ccc(N3C(c4ccccc4)=CNc4nncn43)o2)cc1. The first-order valence-corrected chi connectivity index (χ1v) is 8.76. The summed E-state index contributed by atoms with van der Waals surface area (Å²) in [6.07, 6.45) is 3.53. The number of aromatic nitrogens is 3. The van der Waals surface area contributed by atoms with Crippen LogP contribution in [0, 0.1) is 0 Å². The van der Waals surface area contributed by atoms with Crippen molar-refractivity contribution < 1.29 is 4.42 Å². The minimum Gasteiger partial charge on any atom is -0.438 e. The minimum atomic E-state index is 0.610. The number of hydrogen-bond acceptors (Lipinski definition) is 5. The molecule has 6 nitrogen and oxygen atoms in total. The summed E-state index contributed by atoms with van der Waals surface area (Å²) in [4.78, 5) is 0. The molecular weight excluding hydrogens is 362 g/mol. The van der Waals surface area contributed by atoms with Gasteiger partial charge in [0.25, 0.3) is 0 Å². The minimum absolute atomic E-state index is 0.610. The molecule has 5 rings (SSSR count). The lowest BCUT2D eigenvalue weighted by atomic mass is 10.1. The van der Waals surface area contributed by atoms with Gasteiger partial charge in [0.05, 0.1) is 5.70 Å². The smallest absolute Gasteiger partial charge is 0.248 e. The normalized spacial score (nSPS) is 13.1. The van der Waals surface area contributed by atoms with Crippen molar-refractivity contribution in [3.63, 3.8) is 0 Å². The zero-order valence-electron chi connectivity index (χ0n) is 14.1. The molecule has 132 valence electrons. The number of rotatable bonds is 3. The van der Waals surface area contributed by atoms with Crippen LogP contribution < -0.4 is 10.3 Å². The topological polar surface area (TPSA) is 59.1 Å². The van der Waals surface area contributed by atoms with Gasteiger partial charge in [-0.25, -0.2) is 5.01 Å². The second-order valence-electron chi connectivity index (χ2n) is 6.00. The van der Waals surface area contributed by atoms with E-state index in [4.69, 9.17) is 16.0 Å². The van der Waals surface area contributed by atoms with Gasteiger partial charge in [-0.1, -0.05) is 41.9 Å². The Morgan fingerprint density at radius 2 is 1.70 bits per heavy atom. The van der Waals surface area contributed by atoms with Gasteiger partial charge in [0.15, 0.2) is 0 Å². The highest BCUT2D eigenvalue weighted by Crippen LogP contribution is 2.35. The quantitative estimate of drug-likeness (QED) is 0.552. The van der Waals surface area contributed by atoms with Crippen LogP contribution in [0.5, 0.6) is 0 Å². The molecule has 0 aliphatic carbocycles. The fourth-order valence-corrected chi connectivity index (χ4v) is 3.16. The highest BCUT2D eigenvalue weighted by atomic mass is 35.5. The molecule has 1 aliphatic rings. The van der Waals surface area contributed by atoms with Gasteiger partial charge in [-0.15, -0.1) is 10.2 Å². The van der Waals surface area contributed by atoms with Gasteiger partial charge in [-0.05, 0) is 30.3 Å². The molecule has 1 N–H and O–H groups in total. The Hall–Kier alpha value is -3.51. The lowest BCUT2D eigenvalue weighted by Crippen LogP contribution is -2.31. The van der Waals surface area contributed by atoms with Crippen LogP contribution in [0.2, 0.25) is 5.02 Å². The predicted octanol–water partition coefficient (Wildman–Crippen LogP) is 4.89. The van der Waals surface area contributed by atoms with E-state index in [2.05, 4.69) is 15.5 Å². The Kier molecular flexibility index (Phi) is 3.69. The van der Waals surface area contributed by atoms with Crippen molar-refractivity contribution in [3.05, 3.63) is 89.8 Å². The summed E-state index contributed by atoms with van der Waals surface area (Å²) in [7, 11) is 0. The standard InChI is InChI=1S/C20H14ClN5O/c21-16-8-6-15(7-9-16)18-10-11-19(27-18)26-17(14-4-2-1-3-5-14)12-22-20-24-23-13-25(20)26/h1-13H,(H,22,24). The molecule has 2 aromatic heterocycles. The summed E-state index contributed by atoms with van der Waals surface area (Å²) in [6.45, 7) is 0. The van der Waals surface area contributed by atoms with E-state index < -0.39 is 0 Å². The number of furan rings is 1. The van der Waals surface area contributed by atoms with Crippen molar-refractivity contribution in [1.82, 2.24) is 14.9 Å². The second-order valence-corrected chi connectivity index (χ2v) is 6.43. The zero-order valence-corrected chi connectivity index (χ0v) is 14.8. The molecule has 0 atom stereocenters. The fourth-order valence-electron chi connectivity index (χ4n) is 3.03. The van der Waals surface area contributed by atoms with Crippen LogP contribution in [0.15, 0.2) is 83.7 Å². The monoisotopic (exact) mass is 375 g/mol. The summed E-state index contributed by atoms with van der Waals surface area (Å²) in [5, 5.41) is 13.9. The van der Waals surface area contributed by atoms with Crippen molar-refractivity contribution in [2.45, 2.75) is 0 Å². The number of nitrogens with one attached hydrogen (secondary N) is 1. The average Bonchev–Trinajstić information content (AvgIpc) is 3.38. The van der Waals surface area contributed by atoms with E-state index in [0.717, 1.165) is 22.6 Å². The van der Waals surface area contributed by atoms with Crippen LogP contribution in [0.1, 0.15) is 5.56 Å². The maximum atomic E-state index is 6.16. The van der Waals surface area contributed by atoms with Crippen LogP contribution in [0.3, 0.4) is 0 Å². The first-order chi connectivity index (χ1) is 13.3. The van der Waals surface area contributed by atoms with Crippen molar-refractivity contribution >= 4 is 29.1 Å². The summed E-state index contributed by atoms with van der Waals surface area (Å²) < 4.78 is 7.98.